The number of thioether (sulfide) groups is 1. The Kier molecular flexibility index (Phi) is 6.57. The predicted octanol–water partition coefficient (Wildman–Crippen LogP) is 5.12. The summed E-state index contributed by atoms with van der Waals surface area (Å²) in [5.41, 5.74) is 0.838. The van der Waals surface area contributed by atoms with Crippen LogP contribution in [0.15, 0.2) is 41.3 Å². The van der Waals surface area contributed by atoms with E-state index in [1.165, 1.54) is 11.8 Å². The number of fused-ring (bicyclic) bond motifs is 1. The number of halogens is 2. The van der Waals surface area contributed by atoms with Gasteiger partial charge >= 0.3 is 0 Å². The molecule has 7 heteroatoms. The Bertz CT molecular complexity index is 800. The predicted molar refractivity (Wildman–Crippen MR) is 106 cm³/mol. The molecule has 0 saturated carbocycles. The first-order chi connectivity index (χ1) is 12.5. The van der Waals surface area contributed by atoms with Gasteiger partial charge in [-0.05, 0) is 42.8 Å². The highest BCUT2D eigenvalue weighted by Gasteiger charge is 2.15. The lowest BCUT2D eigenvalue weighted by molar-refractivity contribution is -0.119. The topological polar surface area (TPSA) is 47.6 Å². The fraction of sp³-hybridized carbons (Fsp3) is 0.316. The maximum Gasteiger partial charge on any atom is 0.230 e. The van der Waals surface area contributed by atoms with Crippen LogP contribution in [0.4, 0.5) is 0 Å². The minimum Gasteiger partial charge on any atom is -0.490 e. The van der Waals surface area contributed by atoms with Crippen molar-refractivity contribution >= 4 is 40.9 Å². The van der Waals surface area contributed by atoms with Crippen LogP contribution in [0.5, 0.6) is 11.5 Å². The number of carbonyl (C=O) groups excluding carboxylic acids is 1. The van der Waals surface area contributed by atoms with Crippen molar-refractivity contribution in [2.45, 2.75) is 24.3 Å². The summed E-state index contributed by atoms with van der Waals surface area (Å²) in [6.45, 7) is 3.19. The van der Waals surface area contributed by atoms with Gasteiger partial charge in [-0.15, -0.1) is 11.8 Å². The van der Waals surface area contributed by atoms with Gasteiger partial charge in [0, 0.05) is 21.4 Å². The zero-order valence-corrected chi connectivity index (χ0v) is 16.6. The first kappa shape index (κ1) is 19.2. The molecule has 26 heavy (non-hydrogen) atoms. The Morgan fingerprint density at radius 1 is 1.15 bits per heavy atom. The van der Waals surface area contributed by atoms with Gasteiger partial charge in [0.2, 0.25) is 5.91 Å². The lowest BCUT2D eigenvalue weighted by atomic mass is 10.1. The second-order valence-corrected chi connectivity index (χ2v) is 7.80. The SMILES string of the molecule is C[C@@H](NC(=O)CSc1ccc2c(c1)OCCCO2)c1ccc(Cl)cc1Cl. The minimum atomic E-state index is -0.198. The standard InChI is InChI=1S/C19H19Cl2NO3S/c1-12(15-5-3-13(20)9-16(15)21)22-19(23)11-26-14-4-6-17-18(10-14)25-8-2-7-24-17/h3-6,9-10,12H,2,7-8,11H2,1H3,(H,22,23)/t12-/m1/s1. The van der Waals surface area contributed by atoms with E-state index in [1.54, 1.807) is 12.1 Å². The monoisotopic (exact) mass is 411 g/mol. The summed E-state index contributed by atoms with van der Waals surface area (Å²) >= 11 is 13.6. The van der Waals surface area contributed by atoms with Crippen LogP contribution in [0.1, 0.15) is 24.9 Å². The number of amides is 1. The van der Waals surface area contributed by atoms with Crippen molar-refractivity contribution < 1.29 is 14.3 Å². The number of carbonyl (C=O) groups is 1. The average Bonchev–Trinajstić information content (AvgIpc) is 2.84. The third kappa shape index (κ3) is 5.00. The molecule has 0 unspecified atom stereocenters. The zero-order valence-electron chi connectivity index (χ0n) is 14.3. The molecule has 0 bridgehead atoms. The zero-order chi connectivity index (χ0) is 18.5. The number of rotatable bonds is 5. The van der Waals surface area contributed by atoms with E-state index in [2.05, 4.69) is 5.32 Å². The summed E-state index contributed by atoms with van der Waals surface area (Å²) in [5, 5.41) is 4.07. The molecule has 0 radical (unpaired) electrons. The Hall–Kier alpha value is -1.56. The van der Waals surface area contributed by atoms with Gasteiger partial charge in [0.15, 0.2) is 11.5 Å². The molecule has 0 fully saturated rings. The molecule has 1 heterocycles. The van der Waals surface area contributed by atoms with E-state index in [9.17, 15) is 4.79 Å². The molecular formula is C19H19Cl2NO3S. The number of hydrogen-bond donors (Lipinski definition) is 1. The Labute approximate surface area is 167 Å². The van der Waals surface area contributed by atoms with Gasteiger partial charge in [0.1, 0.15) is 0 Å². The number of nitrogens with one attached hydrogen (secondary N) is 1. The highest BCUT2D eigenvalue weighted by atomic mass is 35.5. The molecular weight excluding hydrogens is 393 g/mol. The van der Waals surface area contributed by atoms with E-state index in [1.807, 2.05) is 31.2 Å². The molecule has 2 aromatic carbocycles. The molecule has 3 rings (SSSR count). The summed E-state index contributed by atoms with van der Waals surface area (Å²) < 4.78 is 11.3. The van der Waals surface area contributed by atoms with Gasteiger partial charge in [0.05, 0.1) is 25.0 Å². The van der Waals surface area contributed by atoms with Crippen LogP contribution in [-0.2, 0) is 4.79 Å². The van der Waals surface area contributed by atoms with Crippen molar-refractivity contribution in [3.8, 4) is 11.5 Å². The summed E-state index contributed by atoms with van der Waals surface area (Å²) in [6.07, 6.45) is 0.866. The number of benzene rings is 2. The summed E-state index contributed by atoms with van der Waals surface area (Å²) in [7, 11) is 0. The normalized spacial score (nSPS) is 14.4. The molecule has 1 aliphatic rings. The smallest absolute Gasteiger partial charge is 0.230 e. The highest BCUT2D eigenvalue weighted by Crippen LogP contribution is 2.34. The van der Waals surface area contributed by atoms with E-state index in [-0.39, 0.29) is 11.9 Å². The van der Waals surface area contributed by atoms with Crippen molar-refractivity contribution in [1.29, 1.82) is 0 Å². The third-order valence-corrected chi connectivity index (χ3v) is 5.45. The van der Waals surface area contributed by atoms with E-state index in [4.69, 9.17) is 32.7 Å². The molecule has 138 valence electrons. The summed E-state index contributed by atoms with van der Waals surface area (Å²) in [5.74, 6) is 1.71. The molecule has 1 atom stereocenters. The van der Waals surface area contributed by atoms with Crippen LogP contribution in [0.2, 0.25) is 10.0 Å². The second-order valence-electron chi connectivity index (χ2n) is 5.90. The highest BCUT2D eigenvalue weighted by molar-refractivity contribution is 8.00. The maximum absolute atomic E-state index is 12.3. The second kappa shape index (κ2) is 8.89. The quantitative estimate of drug-likeness (QED) is 0.693. The van der Waals surface area contributed by atoms with Gasteiger partial charge in [-0.25, -0.2) is 0 Å². The molecule has 1 aliphatic heterocycles. The molecule has 1 N–H and O–H groups in total. The van der Waals surface area contributed by atoms with Gasteiger partial charge in [0.25, 0.3) is 0 Å². The van der Waals surface area contributed by atoms with E-state index in [0.717, 1.165) is 28.4 Å². The van der Waals surface area contributed by atoms with Crippen LogP contribution in [0, 0.1) is 0 Å². The maximum atomic E-state index is 12.3. The van der Waals surface area contributed by atoms with Crippen molar-refractivity contribution in [1.82, 2.24) is 5.32 Å². The van der Waals surface area contributed by atoms with Crippen LogP contribution >= 0.6 is 35.0 Å². The Morgan fingerprint density at radius 3 is 2.69 bits per heavy atom. The van der Waals surface area contributed by atoms with Gasteiger partial charge in [-0.3, -0.25) is 4.79 Å². The van der Waals surface area contributed by atoms with Crippen LogP contribution < -0.4 is 14.8 Å². The van der Waals surface area contributed by atoms with Gasteiger partial charge < -0.3 is 14.8 Å². The number of hydrogen-bond acceptors (Lipinski definition) is 4. The van der Waals surface area contributed by atoms with Crippen LogP contribution in [0.25, 0.3) is 0 Å². The van der Waals surface area contributed by atoms with Crippen molar-refractivity contribution in [2.75, 3.05) is 19.0 Å². The largest absolute Gasteiger partial charge is 0.490 e. The Morgan fingerprint density at radius 2 is 1.92 bits per heavy atom. The molecule has 0 spiro atoms. The van der Waals surface area contributed by atoms with Crippen molar-refractivity contribution in [2.24, 2.45) is 0 Å². The fourth-order valence-corrected chi connectivity index (χ4v) is 3.90. The molecule has 2 aromatic rings. The van der Waals surface area contributed by atoms with Crippen LogP contribution in [0.3, 0.4) is 0 Å². The molecule has 0 saturated heterocycles. The third-order valence-electron chi connectivity index (χ3n) is 3.90. The first-order valence-electron chi connectivity index (χ1n) is 8.29. The molecule has 0 aromatic heterocycles. The molecule has 4 nitrogen and oxygen atoms in total. The minimum absolute atomic E-state index is 0.0689. The molecule has 1 amide bonds. The summed E-state index contributed by atoms with van der Waals surface area (Å²) in [4.78, 5) is 13.2. The lowest BCUT2D eigenvalue weighted by Crippen LogP contribution is -2.28. The van der Waals surface area contributed by atoms with Crippen molar-refractivity contribution in [3.63, 3.8) is 0 Å². The number of ether oxygens (including phenoxy) is 2. The fourth-order valence-electron chi connectivity index (χ4n) is 2.60. The van der Waals surface area contributed by atoms with E-state index < -0.39 is 0 Å². The molecule has 0 aliphatic carbocycles. The summed E-state index contributed by atoms with van der Waals surface area (Å²) in [6, 6.07) is 10.8. The van der Waals surface area contributed by atoms with Crippen molar-refractivity contribution in [3.05, 3.63) is 52.0 Å². The Balaban J connectivity index is 1.56. The lowest BCUT2D eigenvalue weighted by Gasteiger charge is -2.16. The van der Waals surface area contributed by atoms with Gasteiger partial charge in [-0.1, -0.05) is 29.3 Å². The van der Waals surface area contributed by atoms with E-state index >= 15 is 0 Å². The average molecular weight is 412 g/mol. The van der Waals surface area contributed by atoms with E-state index in [0.29, 0.717) is 29.0 Å². The van der Waals surface area contributed by atoms with Crippen LogP contribution in [-0.4, -0.2) is 24.9 Å². The first-order valence-corrected chi connectivity index (χ1v) is 10.0. The van der Waals surface area contributed by atoms with Gasteiger partial charge in [-0.2, -0.15) is 0 Å².